The van der Waals surface area contributed by atoms with E-state index in [-0.39, 0.29) is 29.1 Å². The molecular weight excluding hydrogens is 470 g/mol. The fraction of sp³-hybridized carbons (Fsp3) is 0.364. The summed E-state index contributed by atoms with van der Waals surface area (Å²) in [6.07, 6.45) is 0.336. The lowest BCUT2D eigenvalue weighted by Crippen LogP contribution is -2.43. The number of nitrogens with zero attached hydrogens (tertiary/aromatic N) is 3. The lowest BCUT2D eigenvalue weighted by molar-refractivity contribution is 0.0297. The Morgan fingerprint density at radius 3 is 2.73 bits per heavy atom. The van der Waals surface area contributed by atoms with Gasteiger partial charge in [0.25, 0.3) is 15.9 Å². The standard InChI is InChI=1S/C22H22ClN3O6S/c1-2-15-13-26(18-11-14(23)3-5-20(18)31-15)33(28,29)16-4-6-19-17(12-16)21(24-32-19)22(27)25-7-9-30-10-8-25/h3-6,11-12,15H,2,7-10,13H2,1H3/t15-/m0/s1. The van der Waals surface area contributed by atoms with Gasteiger partial charge in [0, 0.05) is 18.1 Å². The minimum atomic E-state index is -3.99. The van der Waals surface area contributed by atoms with Gasteiger partial charge in [0.1, 0.15) is 11.9 Å². The van der Waals surface area contributed by atoms with E-state index in [2.05, 4.69) is 5.16 Å². The second-order valence-corrected chi connectivity index (χ2v) is 10.2. The third-order valence-corrected chi connectivity index (χ3v) is 7.85. The lowest BCUT2D eigenvalue weighted by Gasteiger charge is -2.35. The first-order valence-electron chi connectivity index (χ1n) is 10.6. The van der Waals surface area contributed by atoms with E-state index in [0.717, 1.165) is 0 Å². The quantitative estimate of drug-likeness (QED) is 0.551. The number of ether oxygens (including phenoxy) is 2. The van der Waals surface area contributed by atoms with Crippen molar-refractivity contribution in [3.8, 4) is 5.75 Å². The highest BCUT2D eigenvalue weighted by Crippen LogP contribution is 2.39. The monoisotopic (exact) mass is 491 g/mol. The molecule has 2 aliphatic rings. The molecule has 3 heterocycles. The zero-order valence-corrected chi connectivity index (χ0v) is 19.4. The minimum Gasteiger partial charge on any atom is -0.486 e. The molecule has 33 heavy (non-hydrogen) atoms. The van der Waals surface area contributed by atoms with Gasteiger partial charge >= 0.3 is 0 Å². The van der Waals surface area contributed by atoms with Crippen LogP contribution in [0.15, 0.2) is 45.8 Å². The highest BCUT2D eigenvalue weighted by Gasteiger charge is 2.35. The van der Waals surface area contributed by atoms with Crippen molar-refractivity contribution in [3.63, 3.8) is 0 Å². The molecular formula is C22H22ClN3O6S. The molecule has 1 amide bonds. The maximum Gasteiger partial charge on any atom is 0.276 e. The molecule has 3 aromatic rings. The summed E-state index contributed by atoms with van der Waals surface area (Å²) in [6, 6.07) is 9.32. The number of carbonyl (C=O) groups excluding carboxylic acids is 1. The number of hydrogen-bond acceptors (Lipinski definition) is 7. The minimum absolute atomic E-state index is 0.0249. The molecule has 0 N–H and O–H groups in total. The Hall–Kier alpha value is -2.82. The number of rotatable bonds is 4. The average molecular weight is 492 g/mol. The molecule has 0 spiro atoms. The molecule has 0 unspecified atom stereocenters. The van der Waals surface area contributed by atoms with E-state index in [1.165, 1.54) is 22.5 Å². The molecule has 2 aromatic carbocycles. The number of anilines is 1. The third kappa shape index (κ3) is 3.92. The molecule has 0 aliphatic carbocycles. The molecule has 9 nitrogen and oxygen atoms in total. The summed E-state index contributed by atoms with van der Waals surface area (Å²) in [4.78, 5) is 14.6. The van der Waals surface area contributed by atoms with Crippen molar-refractivity contribution in [1.82, 2.24) is 10.1 Å². The first kappa shape index (κ1) is 22.0. The van der Waals surface area contributed by atoms with Gasteiger partial charge in [0.2, 0.25) is 0 Å². The highest BCUT2D eigenvalue weighted by molar-refractivity contribution is 7.92. The molecule has 1 saturated heterocycles. The van der Waals surface area contributed by atoms with Crippen molar-refractivity contribution in [2.24, 2.45) is 0 Å². The number of hydrogen-bond donors (Lipinski definition) is 0. The van der Waals surface area contributed by atoms with Gasteiger partial charge in [-0.3, -0.25) is 9.10 Å². The van der Waals surface area contributed by atoms with E-state index in [0.29, 0.717) is 60.2 Å². The van der Waals surface area contributed by atoms with Gasteiger partial charge in [0.05, 0.1) is 35.7 Å². The molecule has 1 atom stereocenters. The molecule has 0 bridgehead atoms. The Balaban J connectivity index is 1.56. The van der Waals surface area contributed by atoms with Crippen LogP contribution in [0.5, 0.6) is 5.75 Å². The van der Waals surface area contributed by atoms with Gasteiger partial charge in [-0.15, -0.1) is 0 Å². The number of sulfonamides is 1. The molecule has 5 rings (SSSR count). The summed E-state index contributed by atoms with van der Waals surface area (Å²) in [5, 5.41) is 4.68. The third-order valence-electron chi connectivity index (χ3n) is 5.84. The fourth-order valence-corrected chi connectivity index (χ4v) is 5.69. The fourth-order valence-electron chi connectivity index (χ4n) is 4.00. The van der Waals surface area contributed by atoms with Gasteiger partial charge in [-0.2, -0.15) is 0 Å². The zero-order chi connectivity index (χ0) is 23.2. The van der Waals surface area contributed by atoms with Crippen LogP contribution in [0.1, 0.15) is 23.8 Å². The van der Waals surface area contributed by atoms with Crippen LogP contribution in [-0.2, 0) is 14.8 Å². The maximum absolute atomic E-state index is 13.7. The summed E-state index contributed by atoms with van der Waals surface area (Å²) in [5.41, 5.74) is 0.797. The predicted octanol–water partition coefficient (Wildman–Crippen LogP) is 3.32. The molecule has 11 heteroatoms. The molecule has 174 valence electrons. The van der Waals surface area contributed by atoms with Crippen LogP contribution >= 0.6 is 11.6 Å². The van der Waals surface area contributed by atoms with Crippen LogP contribution in [0.4, 0.5) is 5.69 Å². The largest absolute Gasteiger partial charge is 0.486 e. The number of amides is 1. The van der Waals surface area contributed by atoms with Gasteiger partial charge in [-0.05, 0) is 42.8 Å². The van der Waals surface area contributed by atoms with E-state index in [1.54, 1.807) is 23.1 Å². The van der Waals surface area contributed by atoms with E-state index in [1.807, 2.05) is 6.92 Å². The van der Waals surface area contributed by atoms with E-state index in [9.17, 15) is 13.2 Å². The molecule has 0 radical (unpaired) electrons. The Morgan fingerprint density at radius 1 is 1.18 bits per heavy atom. The summed E-state index contributed by atoms with van der Waals surface area (Å²) >= 11 is 6.15. The van der Waals surface area contributed by atoms with Crippen molar-refractivity contribution < 1.29 is 27.2 Å². The highest BCUT2D eigenvalue weighted by atomic mass is 35.5. The smallest absolute Gasteiger partial charge is 0.276 e. The SMILES string of the molecule is CC[C@H]1CN(S(=O)(=O)c2ccc3onc(C(=O)N4CCOCC4)c3c2)c2cc(Cl)ccc2O1. The maximum atomic E-state index is 13.7. The van der Waals surface area contributed by atoms with Crippen LogP contribution in [0, 0.1) is 0 Å². The van der Waals surface area contributed by atoms with Crippen molar-refractivity contribution in [1.29, 1.82) is 0 Å². The van der Waals surface area contributed by atoms with Crippen molar-refractivity contribution in [2.45, 2.75) is 24.3 Å². The Morgan fingerprint density at radius 2 is 1.97 bits per heavy atom. The van der Waals surface area contributed by atoms with E-state index < -0.39 is 10.0 Å². The second kappa shape index (κ2) is 8.51. The summed E-state index contributed by atoms with van der Waals surface area (Å²) in [7, 11) is -3.99. The van der Waals surface area contributed by atoms with Gasteiger partial charge < -0.3 is 18.9 Å². The van der Waals surface area contributed by atoms with E-state index >= 15 is 0 Å². The molecule has 1 aromatic heterocycles. The first-order valence-corrected chi connectivity index (χ1v) is 12.5. The van der Waals surface area contributed by atoms with Gasteiger partial charge in [0.15, 0.2) is 11.3 Å². The molecule has 1 fully saturated rings. The summed E-state index contributed by atoms with van der Waals surface area (Å²) in [6.45, 7) is 3.85. The Bertz CT molecular complexity index is 1320. The second-order valence-electron chi connectivity index (χ2n) is 7.89. The van der Waals surface area contributed by atoms with Crippen molar-refractivity contribution in [3.05, 3.63) is 47.1 Å². The first-order chi connectivity index (χ1) is 15.9. The van der Waals surface area contributed by atoms with Gasteiger partial charge in [-0.25, -0.2) is 8.42 Å². The van der Waals surface area contributed by atoms with Crippen LogP contribution < -0.4 is 9.04 Å². The average Bonchev–Trinajstić information content (AvgIpc) is 3.26. The lowest BCUT2D eigenvalue weighted by atomic mass is 10.2. The number of halogens is 1. The summed E-state index contributed by atoms with van der Waals surface area (Å²) < 4.78 is 45.3. The van der Waals surface area contributed by atoms with Crippen LogP contribution in [0.3, 0.4) is 0 Å². The molecule has 2 aliphatic heterocycles. The van der Waals surface area contributed by atoms with Gasteiger partial charge in [-0.1, -0.05) is 23.7 Å². The zero-order valence-electron chi connectivity index (χ0n) is 17.9. The number of benzene rings is 2. The predicted molar refractivity (Wildman–Crippen MR) is 121 cm³/mol. The number of aromatic nitrogens is 1. The topological polar surface area (TPSA) is 102 Å². The van der Waals surface area contributed by atoms with Crippen molar-refractivity contribution in [2.75, 3.05) is 37.2 Å². The van der Waals surface area contributed by atoms with Crippen LogP contribution in [-0.4, -0.2) is 63.3 Å². The number of morpholine rings is 1. The van der Waals surface area contributed by atoms with Crippen molar-refractivity contribution >= 4 is 44.2 Å². The molecule has 0 saturated carbocycles. The number of carbonyl (C=O) groups is 1. The Kier molecular flexibility index (Phi) is 5.67. The normalized spacial score (nSPS) is 18.8. The van der Waals surface area contributed by atoms with E-state index in [4.69, 9.17) is 25.6 Å². The summed E-state index contributed by atoms with van der Waals surface area (Å²) in [5.74, 6) is 0.136. The number of fused-ring (bicyclic) bond motifs is 2. The Labute approximate surface area is 195 Å². The van der Waals surface area contributed by atoms with Crippen LogP contribution in [0.2, 0.25) is 5.02 Å². The van der Waals surface area contributed by atoms with Crippen LogP contribution in [0.25, 0.3) is 11.0 Å².